The number of aliphatic hydroxyl groups is 2. The van der Waals surface area contributed by atoms with Gasteiger partial charge in [-0.1, -0.05) is 66.7 Å². The summed E-state index contributed by atoms with van der Waals surface area (Å²) in [7, 11) is 0. The van der Waals surface area contributed by atoms with Crippen LogP contribution in [-0.4, -0.2) is 29.9 Å². The minimum atomic E-state index is -0.675. The van der Waals surface area contributed by atoms with E-state index in [1.165, 1.54) is 0 Å². The summed E-state index contributed by atoms with van der Waals surface area (Å²) in [6.07, 6.45) is -0.0179. The van der Waals surface area contributed by atoms with Crippen LogP contribution in [0.3, 0.4) is 0 Å². The molecule has 3 aromatic carbocycles. The third-order valence-electron chi connectivity index (χ3n) is 4.68. The molecular weight excluding hydrogens is 378 g/mol. The van der Waals surface area contributed by atoms with Gasteiger partial charge in [-0.15, -0.1) is 0 Å². The molecule has 0 saturated carbocycles. The van der Waals surface area contributed by atoms with Gasteiger partial charge in [-0.25, -0.2) is 0 Å². The predicted octanol–water partition coefficient (Wildman–Crippen LogP) is 3.85. The lowest BCUT2D eigenvalue weighted by molar-refractivity contribution is 0.172. The molecule has 3 rings (SSSR count). The first kappa shape index (κ1) is 21.8. The van der Waals surface area contributed by atoms with Crippen molar-refractivity contribution in [1.29, 1.82) is 0 Å². The van der Waals surface area contributed by atoms with Crippen molar-refractivity contribution in [3.8, 4) is 11.5 Å². The second-order valence-corrected chi connectivity index (χ2v) is 7.05. The maximum Gasteiger partial charge on any atom is 0.162 e. The number of nitrogens with one attached hydrogen (secondary N) is 1. The first-order valence-corrected chi connectivity index (χ1v) is 10.2. The Kier molecular flexibility index (Phi) is 8.72. The fourth-order valence-electron chi connectivity index (χ4n) is 3.00. The zero-order valence-corrected chi connectivity index (χ0v) is 17.0. The van der Waals surface area contributed by atoms with Gasteiger partial charge in [-0.05, 0) is 41.8 Å². The summed E-state index contributed by atoms with van der Waals surface area (Å²) in [6.45, 7) is 2.05. The summed E-state index contributed by atoms with van der Waals surface area (Å²) in [4.78, 5) is 0. The number of ether oxygens (including phenoxy) is 2. The molecule has 0 heterocycles. The van der Waals surface area contributed by atoms with Crippen LogP contribution < -0.4 is 14.8 Å². The van der Waals surface area contributed by atoms with Crippen molar-refractivity contribution in [2.75, 3.05) is 19.7 Å². The van der Waals surface area contributed by atoms with Crippen LogP contribution in [0.4, 0.5) is 0 Å². The quantitative estimate of drug-likeness (QED) is 0.398. The molecule has 0 spiro atoms. The molecule has 0 amide bonds. The van der Waals surface area contributed by atoms with Gasteiger partial charge in [-0.3, -0.25) is 0 Å². The van der Waals surface area contributed by atoms with E-state index in [9.17, 15) is 5.11 Å². The highest BCUT2D eigenvalue weighted by molar-refractivity contribution is 5.44. The summed E-state index contributed by atoms with van der Waals surface area (Å²) in [5.74, 6) is 1.24. The van der Waals surface area contributed by atoms with E-state index in [0.29, 0.717) is 44.2 Å². The van der Waals surface area contributed by atoms with Crippen LogP contribution in [-0.2, 0) is 13.2 Å². The molecule has 30 heavy (non-hydrogen) atoms. The van der Waals surface area contributed by atoms with Gasteiger partial charge in [0, 0.05) is 13.2 Å². The van der Waals surface area contributed by atoms with E-state index in [4.69, 9.17) is 14.6 Å². The second-order valence-electron chi connectivity index (χ2n) is 7.05. The lowest BCUT2D eigenvalue weighted by Crippen LogP contribution is -2.23. The summed E-state index contributed by atoms with van der Waals surface area (Å²) in [5.41, 5.74) is 2.88. The van der Waals surface area contributed by atoms with Gasteiger partial charge in [-0.2, -0.15) is 0 Å². The Morgan fingerprint density at radius 2 is 1.37 bits per heavy atom. The van der Waals surface area contributed by atoms with Crippen LogP contribution in [0.5, 0.6) is 11.5 Å². The van der Waals surface area contributed by atoms with Crippen molar-refractivity contribution in [3.05, 3.63) is 95.6 Å². The molecule has 158 valence electrons. The van der Waals surface area contributed by atoms with Crippen molar-refractivity contribution in [2.45, 2.75) is 25.7 Å². The minimum Gasteiger partial charge on any atom is -0.485 e. The van der Waals surface area contributed by atoms with Gasteiger partial charge < -0.3 is 25.0 Å². The molecule has 0 radical (unpaired) electrons. The van der Waals surface area contributed by atoms with Crippen LogP contribution in [0.15, 0.2) is 78.9 Å². The average molecular weight is 408 g/mol. The summed E-state index contributed by atoms with van der Waals surface area (Å²) in [6, 6.07) is 25.4. The zero-order valence-electron chi connectivity index (χ0n) is 17.0. The highest BCUT2D eigenvalue weighted by Crippen LogP contribution is 2.32. The van der Waals surface area contributed by atoms with E-state index in [1.807, 2.05) is 78.9 Å². The molecule has 5 heteroatoms. The monoisotopic (exact) mass is 407 g/mol. The van der Waals surface area contributed by atoms with Gasteiger partial charge in [0.05, 0.1) is 6.10 Å². The fraction of sp³-hybridized carbons (Fsp3) is 0.280. The predicted molar refractivity (Wildman–Crippen MR) is 118 cm³/mol. The van der Waals surface area contributed by atoms with Crippen molar-refractivity contribution >= 4 is 0 Å². The largest absolute Gasteiger partial charge is 0.485 e. The molecule has 0 fully saturated rings. The maximum absolute atomic E-state index is 10.5. The Morgan fingerprint density at radius 3 is 1.97 bits per heavy atom. The van der Waals surface area contributed by atoms with E-state index >= 15 is 0 Å². The molecule has 1 atom stereocenters. The smallest absolute Gasteiger partial charge is 0.162 e. The second kappa shape index (κ2) is 12.0. The molecular formula is C25H29NO4. The SMILES string of the molecule is OCCCNCC(O)c1ccc(OCc2ccccc2)c(OCc2ccccc2)c1. The Balaban J connectivity index is 1.71. The van der Waals surface area contributed by atoms with Gasteiger partial charge >= 0.3 is 0 Å². The lowest BCUT2D eigenvalue weighted by Gasteiger charge is -2.17. The standard InChI is InChI=1S/C25H29NO4/c27-15-7-14-26-17-23(28)22-12-13-24(29-18-20-8-3-1-4-9-20)25(16-22)30-19-21-10-5-2-6-11-21/h1-6,8-13,16,23,26-28H,7,14-15,17-19H2. The molecule has 1 unspecified atom stereocenters. The molecule has 0 aliphatic rings. The van der Waals surface area contributed by atoms with Crippen LogP contribution >= 0.6 is 0 Å². The molecule has 0 aromatic heterocycles. The third kappa shape index (κ3) is 6.88. The first-order chi connectivity index (χ1) is 14.8. The molecule has 0 aliphatic heterocycles. The fourth-order valence-corrected chi connectivity index (χ4v) is 3.00. The molecule has 3 N–H and O–H groups in total. The van der Waals surface area contributed by atoms with Gasteiger partial charge in [0.25, 0.3) is 0 Å². The number of hydrogen-bond acceptors (Lipinski definition) is 5. The number of hydrogen-bond donors (Lipinski definition) is 3. The van der Waals surface area contributed by atoms with E-state index < -0.39 is 6.10 Å². The third-order valence-corrected chi connectivity index (χ3v) is 4.68. The maximum atomic E-state index is 10.5. The lowest BCUT2D eigenvalue weighted by atomic mass is 10.1. The summed E-state index contributed by atoms with van der Waals surface area (Å²) >= 11 is 0. The Bertz CT molecular complexity index is 871. The van der Waals surface area contributed by atoms with E-state index in [2.05, 4.69) is 5.32 Å². The molecule has 0 aliphatic carbocycles. The first-order valence-electron chi connectivity index (χ1n) is 10.2. The highest BCUT2D eigenvalue weighted by Gasteiger charge is 2.13. The van der Waals surface area contributed by atoms with Crippen LogP contribution in [0.25, 0.3) is 0 Å². The molecule has 3 aromatic rings. The normalized spacial score (nSPS) is 11.8. The van der Waals surface area contributed by atoms with Crippen LogP contribution in [0.2, 0.25) is 0 Å². The average Bonchev–Trinajstić information content (AvgIpc) is 2.80. The Labute approximate surface area is 177 Å². The number of aliphatic hydroxyl groups excluding tert-OH is 2. The summed E-state index contributed by atoms with van der Waals surface area (Å²) < 4.78 is 12.1. The topological polar surface area (TPSA) is 71.0 Å². The van der Waals surface area contributed by atoms with Gasteiger partial charge in [0.1, 0.15) is 13.2 Å². The van der Waals surface area contributed by atoms with Gasteiger partial charge in [0.2, 0.25) is 0 Å². The van der Waals surface area contributed by atoms with Crippen molar-refractivity contribution in [1.82, 2.24) is 5.32 Å². The van der Waals surface area contributed by atoms with E-state index in [-0.39, 0.29) is 6.61 Å². The number of rotatable bonds is 12. The highest BCUT2D eigenvalue weighted by atomic mass is 16.5. The van der Waals surface area contributed by atoms with E-state index in [0.717, 1.165) is 16.7 Å². The van der Waals surface area contributed by atoms with Crippen molar-refractivity contribution < 1.29 is 19.7 Å². The molecule has 0 bridgehead atoms. The minimum absolute atomic E-state index is 0.133. The zero-order chi connectivity index (χ0) is 21.0. The van der Waals surface area contributed by atoms with Gasteiger partial charge in [0.15, 0.2) is 11.5 Å². The number of benzene rings is 3. The molecule has 5 nitrogen and oxygen atoms in total. The van der Waals surface area contributed by atoms with Crippen LogP contribution in [0, 0.1) is 0 Å². The van der Waals surface area contributed by atoms with E-state index in [1.54, 1.807) is 0 Å². The Hall–Kier alpha value is -2.86. The molecule has 0 saturated heterocycles. The van der Waals surface area contributed by atoms with Crippen molar-refractivity contribution in [2.24, 2.45) is 0 Å². The Morgan fingerprint density at radius 1 is 0.767 bits per heavy atom. The van der Waals surface area contributed by atoms with Crippen LogP contribution in [0.1, 0.15) is 29.2 Å². The summed E-state index contributed by atoms with van der Waals surface area (Å²) in [5, 5.41) is 22.5. The van der Waals surface area contributed by atoms with Crippen molar-refractivity contribution in [3.63, 3.8) is 0 Å².